The van der Waals surface area contributed by atoms with Gasteiger partial charge < -0.3 is 5.32 Å². The van der Waals surface area contributed by atoms with E-state index in [-0.39, 0.29) is 11.3 Å². The van der Waals surface area contributed by atoms with E-state index in [0.717, 1.165) is 12.1 Å². The second-order valence-corrected chi connectivity index (χ2v) is 4.94. The third-order valence-electron chi connectivity index (χ3n) is 3.33. The van der Waals surface area contributed by atoms with Crippen molar-refractivity contribution in [1.29, 1.82) is 0 Å². The van der Waals surface area contributed by atoms with Crippen molar-refractivity contribution in [2.45, 2.75) is 6.18 Å². The Morgan fingerprint density at radius 3 is 2.25 bits per heavy atom. The number of rotatable bonds is 4. The SMILES string of the molecule is CNc1ccccc(C(=O)/C=C/c2ccc(C(F)(F)F)cc2)c1=O. The smallest absolute Gasteiger partial charge is 0.385 e. The summed E-state index contributed by atoms with van der Waals surface area (Å²) in [5.41, 5.74) is -0.511. The molecule has 0 atom stereocenters. The highest BCUT2D eigenvalue weighted by molar-refractivity contribution is 6.07. The van der Waals surface area contributed by atoms with E-state index in [2.05, 4.69) is 5.32 Å². The molecule has 0 aromatic heterocycles. The van der Waals surface area contributed by atoms with Crippen molar-refractivity contribution in [3.63, 3.8) is 0 Å². The first-order valence-corrected chi connectivity index (χ1v) is 7.03. The number of allylic oxidation sites excluding steroid dienone is 1. The molecule has 0 aliphatic carbocycles. The molecule has 6 heteroatoms. The predicted octanol–water partition coefficient (Wildman–Crippen LogP) is 4.00. The summed E-state index contributed by atoms with van der Waals surface area (Å²) in [5, 5.41) is 2.71. The van der Waals surface area contributed by atoms with Gasteiger partial charge in [-0.2, -0.15) is 13.2 Å². The Balaban J connectivity index is 2.26. The summed E-state index contributed by atoms with van der Waals surface area (Å²) >= 11 is 0. The molecule has 0 saturated carbocycles. The van der Waals surface area contributed by atoms with E-state index in [4.69, 9.17) is 0 Å². The first-order chi connectivity index (χ1) is 11.3. The molecule has 0 fully saturated rings. The Kier molecular flexibility index (Phi) is 5.18. The zero-order chi connectivity index (χ0) is 17.7. The Morgan fingerprint density at radius 1 is 1.04 bits per heavy atom. The Morgan fingerprint density at radius 2 is 1.67 bits per heavy atom. The third-order valence-corrected chi connectivity index (χ3v) is 3.33. The number of anilines is 1. The minimum atomic E-state index is -4.40. The van der Waals surface area contributed by atoms with Gasteiger partial charge in [-0.05, 0) is 35.9 Å². The zero-order valence-corrected chi connectivity index (χ0v) is 12.7. The van der Waals surface area contributed by atoms with Crippen LogP contribution in [0.4, 0.5) is 18.9 Å². The highest BCUT2D eigenvalue weighted by Gasteiger charge is 2.29. The standard InChI is InChI=1S/C18H14F3NO2/c1-22-15-5-3-2-4-14(17(15)24)16(23)11-8-12-6-9-13(10-7-12)18(19,20)21/h2-11H,1H3,(H,22,24)/b11-8+. The van der Waals surface area contributed by atoms with Crippen molar-refractivity contribution in [2.24, 2.45) is 0 Å². The van der Waals surface area contributed by atoms with E-state index >= 15 is 0 Å². The van der Waals surface area contributed by atoms with Gasteiger partial charge >= 0.3 is 6.18 Å². The molecular weight excluding hydrogens is 319 g/mol. The lowest BCUT2D eigenvalue weighted by Gasteiger charge is -2.05. The van der Waals surface area contributed by atoms with Crippen LogP contribution in [0, 0.1) is 0 Å². The third kappa shape index (κ3) is 4.10. The molecule has 24 heavy (non-hydrogen) atoms. The molecule has 1 N–H and O–H groups in total. The summed E-state index contributed by atoms with van der Waals surface area (Å²) in [4.78, 5) is 24.3. The van der Waals surface area contributed by atoms with E-state index in [1.165, 1.54) is 30.4 Å². The lowest BCUT2D eigenvalue weighted by molar-refractivity contribution is -0.137. The van der Waals surface area contributed by atoms with Crippen molar-refractivity contribution in [3.8, 4) is 0 Å². The number of carbonyl (C=O) groups excluding carboxylic acids is 1. The molecule has 0 spiro atoms. The van der Waals surface area contributed by atoms with E-state index < -0.39 is 23.0 Å². The van der Waals surface area contributed by atoms with Gasteiger partial charge in [-0.3, -0.25) is 9.59 Å². The molecule has 0 radical (unpaired) electrons. The number of hydrogen-bond donors (Lipinski definition) is 1. The number of ketones is 1. The molecule has 0 bridgehead atoms. The second-order valence-electron chi connectivity index (χ2n) is 4.94. The van der Waals surface area contributed by atoms with Crippen LogP contribution in [-0.2, 0) is 6.18 Å². The zero-order valence-electron chi connectivity index (χ0n) is 12.7. The average Bonchev–Trinajstić information content (AvgIpc) is 2.73. The van der Waals surface area contributed by atoms with E-state index in [1.807, 2.05) is 0 Å². The summed E-state index contributed by atoms with van der Waals surface area (Å²) < 4.78 is 37.5. The topological polar surface area (TPSA) is 46.2 Å². The number of halogens is 3. The van der Waals surface area contributed by atoms with Crippen LogP contribution in [0.1, 0.15) is 21.5 Å². The molecule has 0 aliphatic heterocycles. The quantitative estimate of drug-likeness (QED) is 0.679. The minimum absolute atomic E-state index is 0.0208. The van der Waals surface area contributed by atoms with Gasteiger partial charge in [0.05, 0.1) is 16.8 Å². The molecular formula is C18H14F3NO2. The van der Waals surface area contributed by atoms with Crippen LogP contribution in [0.3, 0.4) is 0 Å². The van der Waals surface area contributed by atoms with Gasteiger partial charge in [-0.1, -0.05) is 30.3 Å². The Bertz CT molecular complexity index is 825. The van der Waals surface area contributed by atoms with Crippen molar-refractivity contribution in [3.05, 3.63) is 81.5 Å². The Labute approximate surface area is 136 Å². The largest absolute Gasteiger partial charge is 0.416 e. The summed E-state index contributed by atoms with van der Waals surface area (Å²) in [7, 11) is 1.57. The van der Waals surface area contributed by atoms with Crippen molar-refractivity contribution < 1.29 is 18.0 Å². The summed E-state index contributed by atoms with van der Waals surface area (Å²) in [6, 6.07) is 10.5. The maximum Gasteiger partial charge on any atom is 0.416 e. The van der Waals surface area contributed by atoms with Crippen LogP contribution in [0.25, 0.3) is 6.08 Å². The summed E-state index contributed by atoms with van der Waals surface area (Å²) in [6.07, 6.45) is -1.87. The van der Waals surface area contributed by atoms with Crippen LogP contribution in [0.2, 0.25) is 0 Å². The monoisotopic (exact) mass is 333 g/mol. The number of nitrogens with one attached hydrogen (secondary N) is 1. The minimum Gasteiger partial charge on any atom is -0.385 e. The molecule has 3 nitrogen and oxygen atoms in total. The highest BCUT2D eigenvalue weighted by Crippen LogP contribution is 2.29. The van der Waals surface area contributed by atoms with Crippen molar-refractivity contribution in [2.75, 3.05) is 12.4 Å². The van der Waals surface area contributed by atoms with Gasteiger partial charge in [0.1, 0.15) is 0 Å². The van der Waals surface area contributed by atoms with Gasteiger partial charge in [-0.25, -0.2) is 0 Å². The van der Waals surface area contributed by atoms with Gasteiger partial charge in [0.25, 0.3) is 0 Å². The molecule has 0 aliphatic rings. The molecule has 0 heterocycles. The lowest BCUT2D eigenvalue weighted by atomic mass is 10.1. The normalized spacial score (nSPS) is 11.5. The van der Waals surface area contributed by atoms with E-state index in [1.54, 1.807) is 25.2 Å². The second kappa shape index (κ2) is 7.12. The summed E-state index contributed by atoms with van der Waals surface area (Å²) in [5.74, 6) is -0.521. The fourth-order valence-corrected chi connectivity index (χ4v) is 2.04. The molecule has 124 valence electrons. The van der Waals surface area contributed by atoms with Crippen molar-refractivity contribution in [1.82, 2.24) is 0 Å². The lowest BCUT2D eigenvalue weighted by Crippen LogP contribution is -2.14. The van der Waals surface area contributed by atoms with Crippen molar-refractivity contribution >= 4 is 17.5 Å². The number of hydrogen-bond acceptors (Lipinski definition) is 3. The van der Waals surface area contributed by atoms with Gasteiger partial charge in [0, 0.05) is 7.05 Å². The molecule has 0 amide bonds. The molecule has 2 aromatic carbocycles. The van der Waals surface area contributed by atoms with Gasteiger partial charge in [-0.15, -0.1) is 0 Å². The number of carbonyl (C=O) groups is 1. The Hall–Kier alpha value is -2.89. The van der Waals surface area contributed by atoms with Crippen LogP contribution >= 0.6 is 0 Å². The average molecular weight is 333 g/mol. The van der Waals surface area contributed by atoms with E-state index in [9.17, 15) is 22.8 Å². The molecule has 2 aromatic rings. The first-order valence-electron chi connectivity index (χ1n) is 7.03. The predicted molar refractivity (Wildman–Crippen MR) is 87.1 cm³/mol. The highest BCUT2D eigenvalue weighted by atomic mass is 19.4. The van der Waals surface area contributed by atoms with Crippen LogP contribution in [0.5, 0.6) is 0 Å². The fraction of sp³-hybridized carbons (Fsp3) is 0.111. The van der Waals surface area contributed by atoms with Gasteiger partial charge in [0.2, 0.25) is 5.43 Å². The van der Waals surface area contributed by atoms with Crippen LogP contribution < -0.4 is 10.7 Å². The van der Waals surface area contributed by atoms with Crippen LogP contribution in [-0.4, -0.2) is 12.8 Å². The maximum absolute atomic E-state index is 12.5. The van der Waals surface area contributed by atoms with Crippen LogP contribution in [0.15, 0.2) is 59.4 Å². The molecule has 0 saturated heterocycles. The number of alkyl halides is 3. The molecule has 2 rings (SSSR count). The fourth-order valence-electron chi connectivity index (χ4n) is 2.04. The molecule has 0 unspecified atom stereocenters. The van der Waals surface area contributed by atoms with Gasteiger partial charge in [0.15, 0.2) is 5.78 Å². The summed E-state index contributed by atoms with van der Waals surface area (Å²) in [6.45, 7) is 0. The van der Waals surface area contributed by atoms with E-state index in [0.29, 0.717) is 5.56 Å². The number of benzene rings is 1. The first kappa shape index (κ1) is 17.5. The maximum atomic E-state index is 12.5.